The van der Waals surface area contributed by atoms with Crippen molar-refractivity contribution in [3.8, 4) is 11.3 Å². The quantitative estimate of drug-likeness (QED) is 0.791. The Labute approximate surface area is 136 Å². The number of hydrogen-bond acceptors (Lipinski definition) is 3. The zero-order valence-corrected chi connectivity index (χ0v) is 13.8. The van der Waals surface area contributed by atoms with Crippen LogP contribution in [-0.2, 0) is 4.79 Å². The van der Waals surface area contributed by atoms with E-state index in [1.165, 1.54) is 11.3 Å². The number of nitrogens with one attached hydrogen (secondary N) is 1. The van der Waals surface area contributed by atoms with Crippen LogP contribution in [-0.4, -0.2) is 10.9 Å². The summed E-state index contributed by atoms with van der Waals surface area (Å²) in [7, 11) is 0. The molecular weight excluding hydrogens is 348 g/mol. The molecule has 1 aliphatic carbocycles. The smallest absolute Gasteiger partial charge is 0.229 e. The molecule has 1 atom stereocenters. The molecule has 0 spiro atoms. The van der Waals surface area contributed by atoms with Gasteiger partial charge in [-0.15, -0.1) is 11.3 Å². The average molecular weight is 363 g/mol. The molecule has 2 aromatic rings. The molecule has 108 valence electrons. The number of aromatic nitrogens is 1. The zero-order valence-electron chi connectivity index (χ0n) is 11.4. The standard InChI is InChI=1S/C16H15BrN2OS/c17-13-8-6-11(7-9-13)14-10-21-16(18-14)19-15(20)12-4-2-1-3-5-12/h1-2,6-10,12H,3-5H2,(H,18,19,20)/t12-/m1/s1. The number of halogens is 1. The van der Waals surface area contributed by atoms with Gasteiger partial charge in [0, 0.05) is 21.3 Å². The second-order valence-corrected chi connectivity index (χ2v) is 6.79. The van der Waals surface area contributed by atoms with Gasteiger partial charge in [0.2, 0.25) is 5.91 Å². The highest BCUT2D eigenvalue weighted by Gasteiger charge is 2.19. The van der Waals surface area contributed by atoms with Crippen LogP contribution in [0.4, 0.5) is 5.13 Å². The molecule has 0 bridgehead atoms. The Hall–Kier alpha value is -1.46. The van der Waals surface area contributed by atoms with Gasteiger partial charge >= 0.3 is 0 Å². The number of carbonyl (C=O) groups is 1. The predicted molar refractivity (Wildman–Crippen MR) is 90.4 cm³/mol. The lowest BCUT2D eigenvalue weighted by molar-refractivity contribution is -0.120. The molecular formula is C16H15BrN2OS. The topological polar surface area (TPSA) is 42.0 Å². The molecule has 0 unspecified atom stereocenters. The van der Waals surface area contributed by atoms with Crippen molar-refractivity contribution < 1.29 is 4.79 Å². The molecule has 1 heterocycles. The average Bonchev–Trinajstić information content (AvgIpc) is 2.97. The van der Waals surface area contributed by atoms with Crippen molar-refractivity contribution in [3.63, 3.8) is 0 Å². The molecule has 3 rings (SSSR count). The SMILES string of the molecule is O=C(Nc1nc(-c2ccc(Br)cc2)cs1)[C@@H]1CC=CCC1. The molecule has 0 saturated heterocycles. The number of amides is 1. The van der Waals surface area contributed by atoms with Crippen molar-refractivity contribution >= 4 is 38.3 Å². The number of nitrogens with zero attached hydrogens (tertiary/aromatic N) is 1. The first-order chi connectivity index (χ1) is 10.2. The van der Waals surface area contributed by atoms with E-state index in [4.69, 9.17) is 0 Å². The lowest BCUT2D eigenvalue weighted by atomic mass is 9.94. The minimum atomic E-state index is 0.0787. The molecule has 1 aromatic carbocycles. The Morgan fingerprint density at radius 3 is 2.81 bits per heavy atom. The van der Waals surface area contributed by atoms with Crippen LogP contribution < -0.4 is 5.32 Å². The van der Waals surface area contributed by atoms with Crippen LogP contribution in [0.15, 0.2) is 46.3 Å². The first-order valence-corrected chi connectivity index (χ1v) is 8.57. The normalized spacial score (nSPS) is 17.7. The summed E-state index contributed by atoms with van der Waals surface area (Å²) >= 11 is 4.89. The Morgan fingerprint density at radius 2 is 2.10 bits per heavy atom. The molecule has 1 aromatic heterocycles. The van der Waals surface area contributed by atoms with Gasteiger partial charge in [-0.3, -0.25) is 4.79 Å². The highest BCUT2D eigenvalue weighted by atomic mass is 79.9. The van der Waals surface area contributed by atoms with E-state index in [0.29, 0.717) is 5.13 Å². The van der Waals surface area contributed by atoms with Gasteiger partial charge in [-0.1, -0.05) is 40.2 Å². The van der Waals surface area contributed by atoms with E-state index in [-0.39, 0.29) is 11.8 Å². The number of carbonyl (C=O) groups excluding carboxylic acids is 1. The minimum Gasteiger partial charge on any atom is -0.302 e. The Kier molecular flexibility index (Phi) is 4.51. The van der Waals surface area contributed by atoms with Gasteiger partial charge < -0.3 is 5.32 Å². The Balaban J connectivity index is 1.68. The van der Waals surface area contributed by atoms with Crippen LogP contribution in [0, 0.1) is 5.92 Å². The predicted octanol–water partition coefficient (Wildman–Crippen LogP) is 4.87. The summed E-state index contributed by atoms with van der Waals surface area (Å²) in [6.45, 7) is 0. The van der Waals surface area contributed by atoms with Gasteiger partial charge in [0.05, 0.1) is 5.69 Å². The van der Waals surface area contributed by atoms with Crippen LogP contribution in [0.25, 0.3) is 11.3 Å². The Morgan fingerprint density at radius 1 is 1.29 bits per heavy atom. The molecule has 1 aliphatic rings. The number of allylic oxidation sites excluding steroid dienone is 2. The van der Waals surface area contributed by atoms with E-state index < -0.39 is 0 Å². The summed E-state index contributed by atoms with van der Waals surface area (Å²) < 4.78 is 1.04. The molecule has 0 saturated carbocycles. The molecule has 5 heteroatoms. The second-order valence-electron chi connectivity index (χ2n) is 5.02. The molecule has 0 fully saturated rings. The summed E-state index contributed by atoms with van der Waals surface area (Å²) in [6.07, 6.45) is 6.96. The van der Waals surface area contributed by atoms with Crippen LogP contribution in [0.1, 0.15) is 19.3 Å². The van der Waals surface area contributed by atoms with E-state index in [1.807, 2.05) is 29.6 Å². The number of rotatable bonds is 3. The highest BCUT2D eigenvalue weighted by molar-refractivity contribution is 9.10. The van der Waals surface area contributed by atoms with Crippen LogP contribution >= 0.6 is 27.3 Å². The zero-order chi connectivity index (χ0) is 14.7. The first kappa shape index (κ1) is 14.5. The van der Waals surface area contributed by atoms with Gasteiger partial charge in [-0.25, -0.2) is 4.98 Å². The van der Waals surface area contributed by atoms with Gasteiger partial charge in [-0.05, 0) is 31.4 Å². The van der Waals surface area contributed by atoms with E-state index >= 15 is 0 Å². The number of benzene rings is 1. The highest BCUT2D eigenvalue weighted by Crippen LogP contribution is 2.27. The molecule has 1 N–H and O–H groups in total. The monoisotopic (exact) mass is 362 g/mol. The van der Waals surface area contributed by atoms with Crippen LogP contribution in [0.3, 0.4) is 0 Å². The number of anilines is 1. The summed E-state index contributed by atoms with van der Waals surface area (Å²) in [5.74, 6) is 0.158. The van der Waals surface area contributed by atoms with Crippen molar-refractivity contribution in [3.05, 3.63) is 46.3 Å². The maximum absolute atomic E-state index is 12.2. The lowest BCUT2D eigenvalue weighted by Crippen LogP contribution is -2.23. The fraction of sp³-hybridized carbons (Fsp3) is 0.250. The molecule has 21 heavy (non-hydrogen) atoms. The summed E-state index contributed by atoms with van der Waals surface area (Å²) in [4.78, 5) is 16.7. The number of thiazole rings is 1. The van der Waals surface area contributed by atoms with E-state index in [9.17, 15) is 4.79 Å². The van der Waals surface area contributed by atoms with E-state index in [1.54, 1.807) is 0 Å². The van der Waals surface area contributed by atoms with Crippen LogP contribution in [0.2, 0.25) is 0 Å². The van der Waals surface area contributed by atoms with Crippen LogP contribution in [0.5, 0.6) is 0 Å². The Bertz CT molecular complexity index is 663. The third kappa shape index (κ3) is 3.60. The van der Waals surface area contributed by atoms with E-state index in [0.717, 1.165) is 35.0 Å². The molecule has 0 radical (unpaired) electrons. The van der Waals surface area contributed by atoms with E-state index in [2.05, 4.69) is 38.4 Å². The minimum absolute atomic E-state index is 0.0787. The largest absolute Gasteiger partial charge is 0.302 e. The summed E-state index contributed by atoms with van der Waals surface area (Å²) in [5.41, 5.74) is 1.95. The molecule has 0 aliphatic heterocycles. The fourth-order valence-corrected chi connectivity index (χ4v) is 3.31. The first-order valence-electron chi connectivity index (χ1n) is 6.90. The molecule has 1 amide bonds. The van der Waals surface area contributed by atoms with Crippen molar-refractivity contribution in [2.45, 2.75) is 19.3 Å². The maximum Gasteiger partial charge on any atom is 0.229 e. The van der Waals surface area contributed by atoms with Crippen molar-refractivity contribution in [1.29, 1.82) is 0 Å². The number of hydrogen-bond donors (Lipinski definition) is 1. The van der Waals surface area contributed by atoms with Gasteiger partial charge in [-0.2, -0.15) is 0 Å². The van der Waals surface area contributed by atoms with Gasteiger partial charge in [0.25, 0.3) is 0 Å². The maximum atomic E-state index is 12.2. The van der Waals surface area contributed by atoms with Gasteiger partial charge in [0.15, 0.2) is 5.13 Å². The fourth-order valence-electron chi connectivity index (χ4n) is 2.32. The second kappa shape index (κ2) is 6.54. The lowest BCUT2D eigenvalue weighted by Gasteiger charge is -2.15. The third-order valence-corrected chi connectivity index (χ3v) is 4.80. The van der Waals surface area contributed by atoms with Crippen molar-refractivity contribution in [2.24, 2.45) is 5.92 Å². The summed E-state index contributed by atoms with van der Waals surface area (Å²) in [6, 6.07) is 8.00. The third-order valence-electron chi connectivity index (χ3n) is 3.51. The van der Waals surface area contributed by atoms with Gasteiger partial charge in [0.1, 0.15) is 0 Å². The van der Waals surface area contributed by atoms with Crippen molar-refractivity contribution in [2.75, 3.05) is 5.32 Å². The van der Waals surface area contributed by atoms with Crippen molar-refractivity contribution in [1.82, 2.24) is 4.98 Å². The summed E-state index contributed by atoms with van der Waals surface area (Å²) in [5, 5.41) is 5.58. The molecule has 3 nitrogen and oxygen atoms in total.